The molecule has 1 rings (SSSR count). The molecule has 4 heteroatoms. The smallest absolute Gasteiger partial charge is 0.302 e. The monoisotopic (exact) mass is 235 g/mol. The Balaban J connectivity index is 2.27. The minimum atomic E-state index is -0.320. The van der Waals surface area contributed by atoms with Crippen molar-refractivity contribution in [3.63, 3.8) is 0 Å². The Labute approximate surface area is 101 Å². The summed E-state index contributed by atoms with van der Waals surface area (Å²) in [4.78, 5) is 23.0. The lowest BCUT2D eigenvalue weighted by molar-refractivity contribution is -0.142. The van der Waals surface area contributed by atoms with Gasteiger partial charge in [-0.25, -0.2) is 0 Å². The molecule has 17 heavy (non-hydrogen) atoms. The van der Waals surface area contributed by atoms with E-state index in [1.807, 2.05) is 30.3 Å². The Morgan fingerprint density at radius 1 is 1.29 bits per heavy atom. The Bertz CT molecular complexity index is 351. The van der Waals surface area contributed by atoms with Gasteiger partial charge in [-0.2, -0.15) is 0 Å². The van der Waals surface area contributed by atoms with Crippen LogP contribution in [0.15, 0.2) is 30.3 Å². The molecule has 0 aliphatic carbocycles. The first-order valence-electron chi connectivity index (χ1n) is 5.59. The normalized spacial score (nSPS) is 9.71. The number of esters is 1. The molecule has 0 N–H and O–H groups in total. The third kappa shape index (κ3) is 5.70. The summed E-state index contributed by atoms with van der Waals surface area (Å²) in [5.41, 5.74) is 1.19. The first-order chi connectivity index (χ1) is 8.22. The molecule has 0 aliphatic rings. The predicted molar refractivity (Wildman–Crippen MR) is 64.4 cm³/mol. The number of carbonyl (C=O) groups excluding carboxylic acids is 2. The van der Waals surface area contributed by atoms with Gasteiger partial charge in [-0.15, -0.1) is 0 Å². The van der Waals surface area contributed by atoms with Gasteiger partial charge in [0.05, 0.1) is 6.54 Å². The molecule has 1 amide bonds. The van der Waals surface area contributed by atoms with E-state index in [4.69, 9.17) is 4.74 Å². The second-order valence-electron chi connectivity index (χ2n) is 3.72. The number of carbonyl (C=O) groups is 2. The molecule has 1 aromatic rings. The summed E-state index contributed by atoms with van der Waals surface area (Å²) < 4.78 is 4.79. The van der Waals surface area contributed by atoms with Gasteiger partial charge in [-0.3, -0.25) is 9.59 Å². The summed E-state index contributed by atoms with van der Waals surface area (Å²) in [6, 6.07) is 9.95. The molecule has 0 heterocycles. The lowest BCUT2D eigenvalue weighted by atomic mass is 10.1. The van der Waals surface area contributed by atoms with Gasteiger partial charge in [-0.1, -0.05) is 30.3 Å². The standard InChI is InChI=1S/C13H17NO3/c1-12(16)17-10-9-14(11-15)8-7-13-5-3-2-4-6-13/h2-6,11H,7-10H2,1H3. The predicted octanol–water partition coefficient (Wildman–Crippen LogP) is 1.25. The molecular weight excluding hydrogens is 218 g/mol. The van der Waals surface area contributed by atoms with Gasteiger partial charge in [0.2, 0.25) is 6.41 Å². The highest BCUT2D eigenvalue weighted by molar-refractivity contribution is 5.65. The van der Waals surface area contributed by atoms with Crippen LogP contribution < -0.4 is 0 Å². The van der Waals surface area contributed by atoms with E-state index < -0.39 is 0 Å². The maximum atomic E-state index is 10.8. The van der Waals surface area contributed by atoms with Crippen molar-refractivity contribution in [3.05, 3.63) is 35.9 Å². The topological polar surface area (TPSA) is 46.6 Å². The zero-order chi connectivity index (χ0) is 12.5. The van der Waals surface area contributed by atoms with Crippen molar-refractivity contribution in [2.24, 2.45) is 0 Å². The minimum absolute atomic E-state index is 0.253. The highest BCUT2D eigenvalue weighted by atomic mass is 16.5. The number of hydrogen-bond acceptors (Lipinski definition) is 3. The summed E-state index contributed by atoms with van der Waals surface area (Å²) in [6.45, 7) is 2.68. The Kier molecular flexibility index (Phi) is 5.79. The van der Waals surface area contributed by atoms with Gasteiger partial charge < -0.3 is 9.64 Å². The number of benzene rings is 1. The van der Waals surface area contributed by atoms with Crippen LogP contribution in [-0.2, 0) is 20.7 Å². The highest BCUT2D eigenvalue weighted by Gasteiger charge is 2.03. The van der Waals surface area contributed by atoms with E-state index in [0.29, 0.717) is 13.1 Å². The second-order valence-corrected chi connectivity index (χ2v) is 3.72. The van der Waals surface area contributed by atoms with Crippen molar-refractivity contribution in [2.75, 3.05) is 19.7 Å². The lowest BCUT2D eigenvalue weighted by Gasteiger charge is -2.16. The van der Waals surface area contributed by atoms with Gasteiger partial charge in [0.25, 0.3) is 0 Å². The van der Waals surface area contributed by atoms with Gasteiger partial charge in [0, 0.05) is 13.5 Å². The van der Waals surface area contributed by atoms with Crippen LogP contribution in [0.2, 0.25) is 0 Å². The molecule has 4 nitrogen and oxygen atoms in total. The molecule has 92 valence electrons. The Hall–Kier alpha value is -1.84. The molecule has 0 fully saturated rings. The highest BCUT2D eigenvalue weighted by Crippen LogP contribution is 2.00. The minimum Gasteiger partial charge on any atom is -0.464 e. The van der Waals surface area contributed by atoms with E-state index in [1.54, 1.807) is 4.90 Å². The molecule has 0 bridgehead atoms. The van der Waals surface area contributed by atoms with Gasteiger partial charge in [0.1, 0.15) is 6.61 Å². The third-order valence-electron chi connectivity index (χ3n) is 2.36. The van der Waals surface area contributed by atoms with Gasteiger partial charge >= 0.3 is 5.97 Å². The van der Waals surface area contributed by atoms with Crippen molar-refractivity contribution < 1.29 is 14.3 Å². The number of ether oxygens (including phenoxy) is 1. The third-order valence-corrected chi connectivity index (χ3v) is 2.36. The van der Waals surface area contributed by atoms with Crippen LogP contribution in [0.1, 0.15) is 12.5 Å². The van der Waals surface area contributed by atoms with Crippen molar-refractivity contribution >= 4 is 12.4 Å². The van der Waals surface area contributed by atoms with E-state index in [2.05, 4.69) is 0 Å². The van der Waals surface area contributed by atoms with E-state index in [9.17, 15) is 9.59 Å². The molecule has 0 aliphatic heterocycles. The summed E-state index contributed by atoms with van der Waals surface area (Å²) in [7, 11) is 0. The van der Waals surface area contributed by atoms with E-state index >= 15 is 0 Å². The summed E-state index contributed by atoms with van der Waals surface area (Å²) in [5, 5.41) is 0. The molecular formula is C13H17NO3. The first-order valence-corrected chi connectivity index (χ1v) is 5.59. The van der Waals surface area contributed by atoms with Crippen LogP contribution in [0.4, 0.5) is 0 Å². The molecule has 0 atom stereocenters. The quantitative estimate of drug-likeness (QED) is 0.528. The van der Waals surface area contributed by atoms with Crippen molar-refractivity contribution in [1.82, 2.24) is 4.90 Å². The van der Waals surface area contributed by atoms with Gasteiger partial charge in [0.15, 0.2) is 0 Å². The molecule has 1 aromatic carbocycles. The number of hydrogen-bond donors (Lipinski definition) is 0. The average molecular weight is 235 g/mol. The fourth-order valence-electron chi connectivity index (χ4n) is 1.44. The van der Waals surface area contributed by atoms with Gasteiger partial charge in [-0.05, 0) is 12.0 Å². The second kappa shape index (κ2) is 7.44. The molecule has 0 saturated carbocycles. The van der Waals surface area contributed by atoms with E-state index in [-0.39, 0.29) is 12.6 Å². The van der Waals surface area contributed by atoms with Crippen LogP contribution in [0.25, 0.3) is 0 Å². The number of amides is 1. The Morgan fingerprint density at radius 3 is 2.59 bits per heavy atom. The van der Waals surface area contributed by atoms with Crippen molar-refractivity contribution in [1.29, 1.82) is 0 Å². The summed E-state index contributed by atoms with van der Waals surface area (Å²) >= 11 is 0. The van der Waals surface area contributed by atoms with Crippen LogP contribution in [0, 0.1) is 0 Å². The molecule has 0 aromatic heterocycles. The largest absolute Gasteiger partial charge is 0.464 e. The van der Waals surface area contributed by atoms with E-state index in [0.717, 1.165) is 12.8 Å². The molecule has 0 unspecified atom stereocenters. The van der Waals surface area contributed by atoms with Crippen LogP contribution in [0.5, 0.6) is 0 Å². The fourth-order valence-corrected chi connectivity index (χ4v) is 1.44. The molecule has 0 spiro atoms. The average Bonchev–Trinajstić information content (AvgIpc) is 2.34. The SMILES string of the molecule is CC(=O)OCCN(C=O)CCc1ccccc1. The molecule has 0 saturated heterocycles. The Morgan fingerprint density at radius 2 is 2.00 bits per heavy atom. The maximum absolute atomic E-state index is 10.8. The zero-order valence-corrected chi connectivity index (χ0v) is 9.96. The maximum Gasteiger partial charge on any atom is 0.302 e. The summed E-state index contributed by atoms with van der Waals surface area (Å²) in [5.74, 6) is -0.320. The van der Waals surface area contributed by atoms with E-state index in [1.165, 1.54) is 12.5 Å². The zero-order valence-electron chi connectivity index (χ0n) is 9.96. The molecule has 0 radical (unpaired) electrons. The van der Waals surface area contributed by atoms with Crippen molar-refractivity contribution in [2.45, 2.75) is 13.3 Å². The number of nitrogens with zero attached hydrogens (tertiary/aromatic N) is 1. The van der Waals surface area contributed by atoms with Crippen molar-refractivity contribution in [3.8, 4) is 0 Å². The van der Waals surface area contributed by atoms with Crippen LogP contribution in [0.3, 0.4) is 0 Å². The first kappa shape index (κ1) is 13.2. The lowest BCUT2D eigenvalue weighted by Crippen LogP contribution is -2.28. The van der Waals surface area contributed by atoms with Crippen LogP contribution in [-0.4, -0.2) is 37.0 Å². The number of rotatable bonds is 7. The fraction of sp³-hybridized carbons (Fsp3) is 0.385. The van der Waals surface area contributed by atoms with Crippen LogP contribution >= 0.6 is 0 Å². The summed E-state index contributed by atoms with van der Waals surface area (Å²) in [6.07, 6.45) is 1.59.